The number of hydrogen-bond acceptors (Lipinski definition) is 6. The molecule has 166 valence electrons. The number of nitrogens with one attached hydrogen (secondary N) is 2. The number of hydrogen-bond donors (Lipinski definition) is 2. The monoisotopic (exact) mass is 505 g/mol. The zero-order valence-corrected chi connectivity index (χ0v) is 18.4. The summed E-state index contributed by atoms with van der Waals surface area (Å²) in [5, 5.41) is 11.9. The van der Waals surface area contributed by atoms with Gasteiger partial charge in [0.1, 0.15) is 16.2 Å². The summed E-state index contributed by atoms with van der Waals surface area (Å²) in [5.41, 5.74) is 0.0450. The summed E-state index contributed by atoms with van der Waals surface area (Å²) < 4.78 is 41.9. The second-order valence-corrected chi connectivity index (χ2v) is 8.65. The van der Waals surface area contributed by atoms with E-state index in [1.807, 2.05) is 18.2 Å². The predicted octanol–water partition coefficient (Wildman–Crippen LogP) is 5.29. The summed E-state index contributed by atoms with van der Waals surface area (Å²) in [6.45, 7) is 0. The maximum atomic E-state index is 13.4. The molecule has 4 aromatic heterocycles. The molecular formula is C21H19BrF3N7. The summed E-state index contributed by atoms with van der Waals surface area (Å²) in [5.74, 6) is 1.04. The van der Waals surface area contributed by atoms with Crippen molar-refractivity contribution in [1.29, 1.82) is 0 Å². The Hall–Kier alpha value is -2.95. The number of pyridine rings is 2. The number of rotatable bonds is 4. The van der Waals surface area contributed by atoms with E-state index in [1.165, 1.54) is 10.6 Å². The van der Waals surface area contributed by atoms with Gasteiger partial charge < -0.3 is 10.6 Å². The van der Waals surface area contributed by atoms with E-state index in [4.69, 9.17) is 0 Å². The molecule has 2 N–H and O–H groups in total. The van der Waals surface area contributed by atoms with Gasteiger partial charge in [-0.05, 0) is 59.8 Å². The predicted molar refractivity (Wildman–Crippen MR) is 119 cm³/mol. The first-order valence-electron chi connectivity index (χ1n) is 10.2. The molecule has 0 radical (unpaired) electrons. The lowest BCUT2D eigenvalue weighted by Crippen LogP contribution is -2.35. The molecule has 11 heteroatoms. The summed E-state index contributed by atoms with van der Waals surface area (Å²) in [7, 11) is 0. The summed E-state index contributed by atoms with van der Waals surface area (Å²) in [6.07, 6.45) is 2.37. The summed E-state index contributed by atoms with van der Waals surface area (Å²) in [4.78, 5) is 12.5. The van der Waals surface area contributed by atoms with Crippen molar-refractivity contribution in [2.45, 2.75) is 43.9 Å². The van der Waals surface area contributed by atoms with Crippen LogP contribution in [0.1, 0.15) is 31.4 Å². The number of fused-ring (bicyclic) bond motifs is 2. The Morgan fingerprint density at radius 1 is 1.03 bits per heavy atom. The molecule has 0 saturated heterocycles. The molecule has 1 saturated carbocycles. The molecule has 0 unspecified atom stereocenters. The first kappa shape index (κ1) is 20.9. The largest absolute Gasteiger partial charge is 0.433 e. The summed E-state index contributed by atoms with van der Waals surface area (Å²) >= 11 is 3.22. The molecule has 0 spiro atoms. The number of alkyl halides is 3. The molecule has 0 amide bonds. The lowest BCUT2D eigenvalue weighted by molar-refractivity contribution is -0.141. The SMILES string of the molecule is FC(F)(F)c1cc(N[C@H]2CCC[C@@H](Nc3nccc4ncccc34)C2)n2nc(Br)cc2n1. The van der Waals surface area contributed by atoms with Crippen molar-refractivity contribution in [2.75, 3.05) is 10.6 Å². The normalized spacial score (nSPS) is 19.4. The van der Waals surface area contributed by atoms with Crippen LogP contribution in [0, 0.1) is 0 Å². The fourth-order valence-corrected chi connectivity index (χ4v) is 4.53. The smallest absolute Gasteiger partial charge is 0.367 e. The average molecular weight is 506 g/mol. The van der Waals surface area contributed by atoms with E-state index >= 15 is 0 Å². The van der Waals surface area contributed by atoms with Crippen molar-refractivity contribution in [3.8, 4) is 0 Å². The Balaban J connectivity index is 1.38. The highest BCUT2D eigenvalue weighted by Gasteiger charge is 2.34. The highest BCUT2D eigenvalue weighted by atomic mass is 79.9. The van der Waals surface area contributed by atoms with Gasteiger partial charge in [0.2, 0.25) is 0 Å². The lowest BCUT2D eigenvalue weighted by atomic mass is 9.91. The average Bonchev–Trinajstić information content (AvgIpc) is 3.14. The maximum absolute atomic E-state index is 13.4. The molecule has 0 aliphatic heterocycles. The summed E-state index contributed by atoms with van der Waals surface area (Å²) in [6, 6.07) is 8.29. The van der Waals surface area contributed by atoms with Crippen molar-refractivity contribution >= 4 is 44.1 Å². The van der Waals surface area contributed by atoms with Crippen LogP contribution < -0.4 is 10.6 Å². The van der Waals surface area contributed by atoms with Gasteiger partial charge in [0.15, 0.2) is 11.3 Å². The minimum absolute atomic E-state index is 0.0241. The third-order valence-corrected chi connectivity index (χ3v) is 5.97. The first-order chi connectivity index (χ1) is 15.4. The lowest BCUT2D eigenvalue weighted by Gasteiger charge is -2.31. The highest BCUT2D eigenvalue weighted by molar-refractivity contribution is 9.10. The quantitative estimate of drug-likeness (QED) is 0.392. The van der Waals surface area contributed by atoms with Gasteiger partial charge in [-0.2, -0.15) is 22.8 Å². The maximum Gasteiger partial charge on any atom is 0.433 e. The molecule has 2 atom stereocenters. The van der Waals surface area contributed by atoms with Gasteiger partial charge in [-0.1, -0.05) is 0 Å². The van der Waals surface area contributed by atoms with Crippen LogP contribution in [0.2, 0.25) is 0 Å². The molecule has 5 rings (SSSR count). The van der Waals surface area contributed by atoms with Crippen LogP contribution >= 0.6 is 15.9 Å². The van der Waals surface area contributed by atoms with E-state index in [9.17, 15) is 13.2 Å². The molecule has 32 heavy (non-hydrogen) atoms. The van der Waals surface area contributed by atoms with Crippen LogP contribution in [0.15, 0.2) is 47.3 Å². The Labute approximate surface area is 189 Å². The van der Waals surface area contributed by atoms with E-state index < -0.39 is 11.9 Å². The van der Waals surface area contributed by atoms with Gasteiger partial charge in [-0.3, -0.25) is 4.98 Å². The number of nitrogens with zero attached hydrogens (tertiary/aromatic N) is 5. The first-order valence-corrected chi connectivity index (χ1v) is 11.0. The number of aromatic nitrogens is 5. The van der Waals surface area contributed by atoms with Gasteiger partial charge in [0, 0.05) is 42.0 Å². The van der Waals surface area contributed by atoms with Crippen LogP contribution in [0.5, 0.6) is 0 Å². The minimum atomic E-state index is -4.54. The van der Waals surface area contributed by atoms with Crippen LogP contribution in [0.25, 0.3) is 16.6 Å². The fraction of sp³-hybridized carbons (Fsp3) is 0.333. The highest BCUT2D eigenvalue weighted by Crippen LogP contribution is 2.32. The topological polar surface area (TPSA) is 80.0 Å². The number of halogens is 4. The Morgan fingerprint density at radius 3 is 2.66 bits per heavy atom. The van der Waals surface area contributed by atoms with Gasteiger partial charge in [0.25, 0.3) is 0 Å². The van der Waals surface area contributed by atoms with Crippen LogP contribution in [0.4, 0.5) is 24.8 Å². The Kier molecular flexibility index (Phi) is 5.36. The van der Waals surface area contributed by atoms with Crippen molar-refractivity contribution in [3.63, 3.8) is 0 Å². The van der Waals surface area contributed by atoms with Crippen LogP contribution in [-0.4, -0.2) is 36.6 Å². The second kappa shape index (κ2) is 8.19. The third kappa shape index (κ3) is 4.21. The van der Waals surface area contributed by atoms with Gasteiger partial charge in [-0.15, -0.1) is 0 Å². The van der Waals surface area contributed by atoms with E-state index in [0.29, 0.717) is 4.60 Å². The Bertz CT molecular complexity index is 1270. The van der Waals surface area contributed by atoms with E-state index in [0.717, 1.165) is 48.5 Å². The third-order valence-electron chi connectivity index (χ3n) is 5.58. The minimum Gasteiger partial charge on any atom is -0.367 e. The molecule has 4 aromatic rings. The molecule has 7 nitrogen and oxygen atoms in total. The van der Waals surface area contributed by atoms with Gasteiger partial charge in [-0.25, -0.2) is 9.97 Å². The molecule has 1 fully saturated rings. The van der Waals surface area contributed by atoms with Crippen LogP contribution in [-0.2, 0) is 6.18 Å². The zero-order valence-electron chi connectivity index (χ0n) is 16.8. The molecule has 1 aliphatic carbocycles. The number of anilines is 2. The standard InChI is InChI=1S/C21H19BrF3N7/c22-17-11-19-30-16(21(23,24)25)10-18(32(19)31-17)28-12-3-1-4-13(9-12)29-20-14-5-2-7-26-15(14)6-8-27-20/h2,5-8,10-13,28H,1,3-4,9H2,(H,27,29)/t12-,13+/m0/s1. The molecule has 1 aliphatic rings. The molecular weight excluding hydrogens is 487 g/mol. The molecule has 4 heterocycles. The molecule has 0 bridgehead atoms. The molecule has 0 aromatic carbocycles. The van der Waals surface area contributed by atoms with E-state index in [2.05, 4.69) is 46.6 Å². The Morgan fingerprint density at radius 2 is 1.84 bits per heavy atom. The van der Waals surface area contributed by atoms with Crippen molar-refractivity contribution in [2.24, 2.45) is 0 Å². The zero-order chi connectivity index (χ0) is 22.3. The second-order valence-electron chi connectivity index (χ2n) is 7.84. The van der Waals surface area contributed by atoms with Gasteiger partial charge in [0.05, 0.1) is 5.52 Å². The van der Waals surface area contributed by atoms with Crippen LogP contribution in [0.3, 0.4) is 0 Å². The van der Waals surface area contributed by atoms with Crippen molar-refractivity contribution in [3.05, 3.63) is 53.0 Å². The fourth-order valence-electron chi connectivity index (χ4n) is 4.17. The van der Waals surface area contributed by atoms with Gasteiger partial charge >= 0.3 is 6.18 Å². The van der Waals surface area contributed by atoms with E-state index in [1.54, 1.807) is 12.4 Å². The van der Waals surface area contributed by atoms with E-state index in [-0.39, 0.29) is 23.5 Å². The van der Waals surface area contributed by atoms with Crippen molar-refractivity contribution < 1.29 is 13.2 Å². The van der Waals surface area contributed by atoms with Crippen molar-refractivity contribution in [1.82, 2.24) is 24.6 Å².